The molecule has 27 heavy (non-hydrogen) atoms. The molecule has 1 heterocycles. The molecule has 7 heteroatoms. The van der Waals surface area contributed by atoms with Crippen LogP contribution in [0.4, 0.5) is 0 Å². The molecule has 1 aromatic heterocycles. The molecule has 1 saturated carbocycles. The Morgan fingerprint density at radius 3 is 2.74 bits per heavy atom. The van der Waals surface area contributed by atoms with Crippen molar-refractivity contribution in [2.45, 2.75) is 52.2 Å². The predicted octanol–water partition coefficient (Wildman–Crippen LogP) is 3.55. The number of aromatic nitrogens is 1. The Kier molecular flexibility index (Phi) is 5.78. The lowest BCUT2D eigenvalue weighted by Gasteiger charge is -2.20. The number of rotatable bonds is 6. The maximum atomic E-state index is 12.4. The van der Waals surface area contributed by atoms with Gasteiger partial charge in [-0.05, 0) is 51.3 Å². The molecule has 0 bridgehead atoms. The number of hydrogen-bond acceptors (Lipinski definition) is 7. The van der Waals surface area contributed by atoms with Gasteiger partial charge in [-0.25, -0.2) is 4.79 Å². The second-order valence-corrected chi connectivity index (χ2v) is 6.56. The molecule has 1 aliphatic rings. The Bertz CT molecular complexity index is 821. The van der Waals surface area contributed by atoms with E-state index in [-0.39, 0.29) is 12.4 Å². The summed E-state index contributed by atoms with van der Waals surface area (Å²) in [5.74, 6) is 1.05. The van der Waals surface area contributed by atoms with Crippen molar-refractivity contribution in [2.75, 3.05) is 7.11 Å². The number of methoxy groups -OCH3 is 1. The Hall–Kier alpha value is -2.83. The van der Waals surface area contributed by atoms with Gasteiger partial charge >= 0.3 is 5.97 Å². The fourth-order valence-corrected chi connectivity index (χ4v) is 3.04. The van der Waals surface area contributed by atoms with Gasteiger partial charge in [-0.15, -0.1) is 0 Å². The Morgan fingerprint density at radius 1 is 1.26 bits per heavy atom. The number of carbonyl (C=O) groups excluding carboxylic acids is 2. The summed E-state index contributed by atoms with van der Waals surface area (Å²) in [6.07, 6.45) is 2.16. The van der Waals surface area contributed by atoms with Crippen molar-refractivity contribution in [1.29, 1.82) is 0 Å². The Labute approximate surface area is 157 Å². The van der Waals surface area contributed by atoms with Crippen molar-refractivity contribution in [1.82, 2.24) is 5.16 Å². The largest absolute Gasteiger partial charge is 0.493 e. The second kappa shape index (κ2) is 8.24. The minimum Gasteiger partial charge on any atom is -0.493 e. The first-order valence-electron chi connectivity index (χ1n) is 8.96. The molecular formula is C20H23NO6. The molecule has 1 atom stereocenters. The molecule has 0 aliphatic heterocycles. The fourth-order valence-electron chi connectivity index (χ4n) is 3.04. The van der Waals surface area contributed by atoms with Crippen LogP contribution in [-0.4, -0.2) is 30.1 Å². The van der Waals surface area contributed by atoms with Crippen molar-refractivity contribution in [2.24, 2.45) is 0 Å². The van der Waals surface area contributed by atoms with E-state index in [9.17, 15) is 9.59 Å². The van der Waals surface area contributed by atoms with Crippen LogP contribution < -0.4 is 9.47 Å². The first-order valence-corrected chi connectivity index (χ1v) is 8.96. The summed E-state index contributed by atoms with van der Waals surface area (Å²) in [6, 6.07) is 4.80. The van der Waals surface area contributed by atoms with Gasteiger partial charge < -0.3 is 18.7 Å². The molecule has 1 fully saturated rings. The van der Waals surface area contributed by atoms with E-state index in [2.05, 4.69) is 5.16 Å². The number of esters is 1. The number of carbonyl (C=O) groups is 2. The molecular weight excluding hydrogens is 350 g/mol. The summed E-state index contributed by atoms with van der Waals surface area (Å²) >= 11 is 0. The number of benzene rings is 1. The summed E-state index contributed by atoms with van der Waals surface area (Å²) in [6.45, 7) is 3.94. The summed E-state index contributed by atoms with van der Waals surface area (Å²) in [7, 11) is 1.50. The van der Waals surface area contributed by atoms with Gasteiger partial charge in [0.05, 0.1) is 23.9 Å². The molecule has 2 aromatic rings. The first kappa shape index (κ1) is 18.9. The molecule has 7 nitrogen and oxygen atoms in total. The number of nitrogens with zero attached hydrogens (tertiary/aromatic N) is 1. The van der Waals surface area contributed by atoms with E-state index in [1.807, 2.05) is 13.8 Å². The third-order valence-electron chi connectivity index (χ3n) is 4.70. The SMILES string of the molecule is COc1cc(C(=O)O[C@@H]2CCCCC2=O)ccc1OCc1c(C)noc1C. The molecule has 0 N–H and O–H groups in total. The summed E-state index contributed by atoms with van der Waals surface area (Å²) in [4.78, 5) is 24.2. The molecule has 0 radical (unpaired) electrons. The van der Waals surface area contributed by atoms with Gasteiger partial charge in [0.1, 0.15) is 12.4 Å². The zero-order valence-corrected chi connectivity index (χ0v) is 15.7. The van der Waals surface area contributed by atoms with Gasteiger partial charge in [-0.1, -0.05) is 5.16 Å². The number of ether oxygens (including phenoxy) is 3. The number of hydrogen-bond donors (Lipinski definition) is 0. The van der Waals surface area contributed by atoms with Crippen molar-refractivity contribution in [3.05, 3.63) is 40.8 Å². The highest BCUT2D eigenvalue weighted by molar-refractivity contribution is 5.93. The van der Waals surface area contributed by atoms with Gasteiger partial charge in [-0.3, -0.25) is 4.79 Å². The van der Waals surface area contributed by atoms with Crippen molar-refractivity contribution in [3.63, 3.8) is 0 Å². The van der Waals surface area contributed by atoms with Crippen LogP contribution in [0.15, 0.2) is 22.7 Å². The van der Waals surface area contributed by atoms with Crippen LogP contribution in [0.2, 0.25) is 0 Å². The number of ketones is 1. The Morgan fingerprint density at radius 2 is 2.07 bits per heavy atom. The fraction of sp³-hybridized carbons (Fsp3) is 0.450. The van der Waals surface area contributed by atoms with E-state index >= 15 is 0 Å². The first-order chi connectivity index (χ1) is 13.0. The lowest BCUT2D eigenvalue weighted by atomic mass is 9.96. The minimum atomic E-state index is -0.646. The average molecular weight is 373 g/mol. The van der Waals surface area contributed by atoms with Crippen LogP contribution in [0, 0.1) is 13.8 Å². The van der Waals surface area contributed by atoms with Gasteiger partial charge in [-0.2, -0.15) is 0 Å². The van der Waals surface area contributed by atoms with Gasteiger partial charge in [0.15, 0.2) is 23.4 Å². The molecule has 144 valence electrons. The Balaban J connectivity index is 1.70. The van der Waals surface area contributed by atoms with E-state index in [4.69, 9.17) is 18.7 Å². The number of Topliss-reactive ketones (excluding diaryl/α,β-unsaturated/α-hetero) is 1. The molecule has 0 amide bonds. The molecule has 3 rings (SSSR count). The van der Waals surface area contributed by atoms with Crippen LogP contribution in [-0.2, 0) is 16.1 Å². The maximum Gasteiger partial charge on any atom is 0.338 e. The summed E-state index contributed by atoms with van der Waals surface area (Å²) in [5.41, 5.74) is 1.95. The minimum absolute atomic E-state index is 0.0130. The molecule has 1 aromatic carbocycles. The third kappa shape index (κ3) is 4.30. The van der Waals surface area contributed by atoms with Gasteiger partial charge in [0.2, 0.25) is 0 Å². The predicted molar refractivity (Wildman–Crippen MR) is 96.0 cm³/mol. The zero-order chi connectivity index (χ0) is 19.4. The summed E-state index contributed by atoms with van der Waals surface area (Å²) in [5, 5.41) is 3.89. The van der Waals surface area contributed by atoms with E-state index in [1.165, 1.54) is 7.11 Å². The topological polar surface area (TPSA) is 87.9 Å². The standard InChI is InChI=1S/C20H23NO6/c1-12-15(13(2)27-21-12)11-25-18-9-8-14(10-19(18)24-3)20(23)26-17-7-5-4-6-16(17)22/h8-10,17H,4-7,11H2,1-3H3/t17-/m1/s1. The highest BCUT2D eigenvalue weighted by Crippen LogP contribution is 2.30. The second-order valence-electron chi connectivity index (χ2n) is 6.56. The quantitative estimate of drug-likeness (QED) is 0.716. The van der Waals surface area contributed by atoms with Crippen molar-refractivity contribution in [3.8, 4) is 11.5 Å². The zero-order valence-electron chi connectivity index (χ0n) is 15.7. The molecule has 0 spiro atoms. The number of aryl methyl sites for hydroxylation is 2. The molecule has 0 unspecified atom stereocenters. The van der Waals surface area contributed by atoms with Crippen LogP contribution in [0.3, 0.4) is 0 Å². The highest BCUT2D eigenvalue weighted by atomic mass is 16.5. The van der Waals surface area contributed by atoms with Crippen LogP contribution in [0.5, 0.6) is 11.5 Å². The molecule has 1 aliphatic carbocycles. The summed E-state index contributed by atoms with van der Waals surface area (Å²) < 4.78 is 21.6. The van der Waals surface area contributed by atoms with Crippen molar-refractivity contribution >= 4 is 11.8 Å². The van der Waals surface area contributed by atoms with E-state index in [0.717, 1.165) is 24.1 Å². The lowest BCUT2D eigenvalue weighted by Crippen LogP contribution is -2.30. The normalized spacial score (nSPS) is 16.9. The smallest absolute Gasteiger partial charge is 0.338 e. The van der Waals surface area contributed by atoms with Gasteiger partial charge in [0.25, 0.3) is 0 Å². The van der Waals surface area contributed by atoms with Crippen molar-refractivity contribution < 1.29 is 28.3 Å². The van der Waals surface area contributed by atoms with Crippen LogP contribution in [0.1, 0.15) is 53.1 Å². The lowest BCUT2D eigenvalue weighted by molar-refractivity contribution is -0.129. The monoisotopic (exact) mass is 373 g/mol. The van der Waals surface area contributed by atoms with E-state index in [1.54, 1.807) is 18.2 Å². The maximum absolute atomic E-state index is 12.4. The van der Waals surface area contributed by atoms with Crippen LogP contribution in [0.25, 0.3) is 0 Å². The third-order valence-corrected chi connectivity index (χ3v) is 4.70. The van der Waals surface area contributed by atoms with E-state index < -0.39 is 12.1 Å². The van der Waals surface area contributed by atoms with Gasteiger partial charge in [0, 0.05) is 6.42 Å². The van der Waals surface area contributed by atoms with Crippen LogP contribution >= 0.6 is 0 Å². The molecule has 0 saturated heterocycles. The average Bonchev–Trinajstić information content (AvgIpc) is 2.99. The van der Waals surface area contributed by atoms with E-state index in [0.29, 0.717) is 35.7 Å². The highest BCUT2D eigenvalue weighted by Gasteiger charge is 2.26.